The lowest BCUT2D eigenvalue weighted by Crippen LogP contribution is -2.46. The van der Waals surface area contributed by atoms with E-state index in [9.17, 15) is 18.3 Å². The molecule has 0 spiro atoms. The molecule has 1 aliphatic heterocycles. The Bertz CT molecular complexity index is 657. The number of nitrogen functional groups attached to an aromatic ring is 1. The maximum atomic E-state index is 12.8. The van der Waals surface area contributed by atoms with Crippen LogP contribution in [0.5, 0.6) is 0 Å². The zero-order valence-electron chi connectivity index (χ0n) is 12.1. The minimum absolute atomic E-state index is 0.150. The molecule has 0 amide bonds. The van der Waals surface area contributed by atoms with Gasteiger partial charge in [0.15, 0.2) is 0 Å². The Morgan fingerprint density at radius 3 is 2.67 bits per heavy atom. The Kier molecular flexibility index (Phi) is 4.25. The van der Waals surface area contributed by atoms with Crippen molar-refractivity contribution in [3.63, 3.8) is 0 Å². The molecule has 21 heavy (non-hydrogen) atoms. The Morgan fingerprint density at radius 1 is 1.38 bits per heavy atom. The van der Waals surface area contributed by atoms with Gasteiger partial charge in [-0.2, -0.15) is 4.31 Å². The molecular formula is C14H20N2O4S. The number of piperidine rings is 1. The Hall–Kier alpha value is -1.60. The molecule has 2 rings (SSSR count). The van der Waals surface area contributed by atoms with Crippen molar-refractivity contribution >= 4 is 21.7 Å². The maximum Gasteiger partial charge on any atom is 0.337 e. The molecule has 0 radical (unpaired) electrons. The summed E-state index contributed by atoms with van der Waals surface area (Å²) in [6.45, 7) is 4.28. The van der Waals surface area contributed by atoms with Gasteiger partial charge in [-0.15, -0.1) is 0 Å². The van der Waals surface area contributed by atoms with Gasteiger partial charge in [0.2, 0.25) is 10.0 Å². The minimum Gasteiger partial charge on any atom is -0.478 e. The predicted octanol–water partition coefficient (Wildman–Crippen LogP) is 1.78. The molecule has 1 aromatic rings. The van der Waals surface area contributed by atoms with Crippen LogP contribution in [0.1, 0.15) is 37.0 Å². The number of sulfonamides is 1. The van der Waals surface area contributed by atoms with Crippen LogP contribution < -0.4 is 5.73 Å². The molecule has 7 heteroatoms. The quantitative estimate of drug-likeness (QED) is 0.828. The molecule has 6 nitrogen and oxygen atoms in total. The topological polar surface area (TPSA) is 101 Å². The number of carboxylic acids is 1. The van der Waals surface area contributed by atoms with Crippen LogP contribution in [0.3, 0.4) is 0 Å². The molecule has 1 heterocycles. The van der Waals surface area contributed by atoms with E-state index < -0.39 is 16.0 Å². The highest BCUT2D eigenvalue weighted by Crippen LogP contribution is 2.30. The zero-order valence-corrected chi connectivity index (χ0v) is 12.9. The summed E-state index contributed by atoms with van der Waals surface area (Å²) < 4.78 is 27.0. The van der Waals surface area contributed by atoms with E-state index in [4.69, 9.17) is 5.73 Å². The number of hydrogen-bond donors (Lipinski definition) is 2. The summed E-state index contributed by atoms with van der Waals surface area (Å²) in [7, 11) is -3.84. The molecule has 1 aromatic carbocycles. The standard InChI is InChI=1S/C14H20N2O4S/c1-9-4-3-7-16(10(9)2)21(19,20)13-6-5-11(15)8-12(13)14(17)18/h5-6,8-10H,3-4,7,15H2,1-2H3,(H,17,18). The number of hydrogen-bond acceptors (Lipinski definition) is 4. The van der Waals surface area contributed by atoms with Crippen molar-refractivity contribution < 1.29 is 18.3 Å². The minimum atomic E-state index is -3.84. The van der Waals surface area contributed by atoms with E-state index in [1.807, 2.05) is 13.8 Å². The van der Waals surface area contributed by atoms with Crippen LogP contribution in [-0.4, -0.2) is 36.4 Å². The summed E-state index contributed by atoms with van der Waals surface area (Å²) in [6, 6.07) is 3.73. The molecule has 1 fully saturated rings. The maximum absolute atomic E-state index is 12.8. The molecule has 116 valence electrons. The summed E-state index contributed by atoms with van der Waals surface area (Å²) in [5.41, 5.74) is 5.52. The number of benzene rings is 1. The highest BCUT2D eigenvalue weighted by atomic mass is 32.2. The smallest absolute Gasteiger partial charge is 0.337 e. The van der Waals surface area contributed by atoms with Crippen LogP contribution >= 0.6 is 0 Å². The monoisotopic (exact) mass is 312 g/mol. The fourth-order valence-electron chi connectivity index (χ4n) is 2.70. The molecule has 1 aliphatic rings. The number of nitrogens with zero attached hydrogens (tertiary/aromatic N) is 1. The van der Waals surface area contributed by atoms with Crippen molar-refractivity contribution in [1.82, 2.24) is 4.31 Å². The van der Waals surface area contributed by atoms with E-state index >= 15 is 0 Å². The molecule has 1 saturated heterocycles. The van der Waals surface area contributed by atoms with E-state index in [1.165, 1.54) is 22.5 Å². The van der Waals surface area contributed by atoms with Gasteiger partial charge in [0.05, 0.1) is 10.5 Å². The van der Waals surface area contributed by atoms with Gasteiger partial charge in [-0.1, -0.05) is 6.92 Å². The van der Waals surface area contributed by atoms with Gasteiger partial charge in [-0.25, -0.2) is 13.2 Å². The van der Waals surface area contributed by atoms with Gasteiger partial charge in [0.1, 0.15) is 0 Å². The van der Waals surface area contributed by atoms with E-state index in [-0.39, 0.29) is 28.1 Å². The van der Waals surface area contributed by atoms with E-state index in [0.29, 0.717) is 6.54 Å². The molecule has 0 saturated carbocycles. The number of rotatable bonds is 3. The van der Waals surface area contributed by atoms with Crippen molar-refractivity contribution in [2.24, 2.45) is 5.92 Å². The Balaban J connectivity index is 2.52. The van der Waals surface area contributed by atoms with Gasteiger partial charge >= 0.3 is 5.97 Å². The number of nitrogens with two attached hydrogens (primary N) is 1. The average Bonchev–Trinajstić information content (AvgIpc) is 2.41. The first kappa shape index (κ1) is 15.8. The van der Waals surface area contributed by atoms with Gasteiger partial charge < -0.3 is 10.8 Å². The third kappa shape index (κ3) is 2.89. The van der Waals surface area contributed by atoms with Gasteiger partial charge in [0, 0.05) is 18.3 Å². The number of carboxylic acid groups (broad SMARTS) is 1. The van der Waals surface area contributed by atoms with E-state index in [1.54, 1.807) is 0 Å². The first-order chi connectivity index (χ1) is 9.75. The van der Waals surface area contributed by atoms with Crippen molar-refractivity contribution in [2.75, 3.05) is 12.3 Å². The second-order valence-electron chi connectivity index (χ2n) is 5.54. The third-order valence-electron chi connectivity index (χ3n) is 4.14. The molecule has 2 atom stereocenters. The van der Waals surface area contributed by atoms with Crippen LogP contribution in [-0.2, 0) is 10.0 Å². The average molecular weight is 312 g/mol. The lowest BCUT2D eigenvalue weighted by atomic mass is 9.94. The number of anilines is 1. The highest BCUT2D eigenvalue weighted by molar-refractivity contribution is 7.89. The lowest BCUT2D eigenvalue weighted by Gasteiger charge is -2.37. The van der Waals surface area contributed by atoms with Crippen LogP contribution in [0, 0.1) is 5.92 Å². The van der Waals surface area contributed by atoms with Crippen molar-refractivity contribution in [1.29, 1.82) is 0 Å². The largest absolute Gasteiger partial charge is 0.478 e. The lowest BCUT2D eigenvalue weighted by molar-refractivity contribution is 0.0692. The van der Waals surface area contributed by atoms with E-state index in [0.717, 1.165) is 12.8 Å². The number of aromatic carboxylic acids is 1. The Labute approximate surface area is 124 Å². The van der Waals surface area contributed by atoms with Crippen LogP contribution in [0.15, 0.2) is 23.1 Å². The fourth-order valence-corrected chi connectivity index (χ4v) is 4.63. The van der Waals surface area contributed by atoms with Crippen molar-refractivity contribution in [3.8, 4) is 0 Å². The molecule has 0 bridgehead atoms. The summed E-state index contributed by atoms with van der Waals surface area (Å²) in [6.07, 6.45) is 1.75. The summed E-state index contributed by atoms with van der Waals surface area (Å²) in [5, 5.41) is 9.23. The highest BCUT2D eigenvalue weighted by Gasteiger charge is 2.36. The first-order valence-electron chi connectivity index (χ1n) is 6.90. The van der Waals surface area contributed by atoms with Crippen molar-refractivity contribution in [2.45, 2.75) is 37.6 Å². The van der Waals surface area contributed by atoms with Gasteiger partial charge in [-0.05, 0) is 43.9 Å². The predicted molar refractivity (Wildman–Crippen MR) is 79.6 cm³/mol. The summed E-state index contributed by atoms with van der Waals surface area (Å²) in [5.74, 6) is -1.05. The number of carbonyl (C=O) groups is 1. The van der Waals surface area contributed by atoms with Crippen LogP contribution in [0.25, 0.3) is 0 Å². The molecular weight excluding hydrogens is 292 g/mol. The normalized spacial score (nSPS) is 23.9. The fraction of sp³-hybridized carbons (Fsp3) is 0.500. The molecule has 2 unspecified atom stereocenters. The summed E-state index contributed by atoms with van der Waals surface area (Å²) >= 11 is 0. The second kappa shape index (κ2) is 5.65. The first-order valence-corrected chi connectivity index (χ1v) is 8.34. The second-order valence-corrected chi connectivity index (χ2v) is 7.40. The van der Waals surface area contributed by atoms with Gasteiger partial charge in [0.25, 0.3) is 0 Å². The van der Waals surface area contributed by atoms with Gasteiger partial charge in [-0.3, -0.25) is 0 Å². The summed E-state index contributed by atoms with van der Waals surface area (Å²) in [4.78, 5) is 11.1. The zero-order chi connectivity index (χ0) is 15.8. The van der Waals surface area contributed by atoms with Crippen LogP contribution in [0.2, 0.25) is 0 Å². The SMILES string of the molecule is CC1CCCN(S(=O)(=O)c2ccc(N)cc2C(=O)O)C1C. The van der Waals surface area contributed by atoms with Crippen molar-refractivity contribution in [3.05, 3.63) is 23.8 Å². The van der Waals surface area contributed by atoms with Crippen LogP contribution in [0.4, 0.5) is 5.69 Å². The molecule has 0 aliphatic carbocycles. The molecule has 0 aromatic heterocycles. The molecule has 3 N–H and O–H groups in total. The third-order valence-corrected chi connectivity index (χ3v) is 6.18. The van der Waals surface area contributed by atoms with E-state index in [2.05, 4.69) is 0 Å². The Morgan fingerprint density at radius 2 is 2.05 bits per heavy atom.